The van der Waals surface area contributed by atoms with Crippen LogP contribution in [0.15, 0.2) is 42.6 Å². The highest BCUT2D eigenvalue weighted by Gasteiger charge is 2.52. The van der Waals surface area contributed by atoms with Gasteiger partial charge in [0.2, 0.25) is 5.88 Å². The fourth-order valence-electron chi connectivity index (χ4n) is 6.35. The van der Waals surface area contributed by atoms with E-state index in [-0.39, 0.29) is 23.0 Å². The van der Waals surface area contributed by atoms with Crippen molar-refractivity contribution in [2.75, 3.05) is 33.3 Å². The normalized spacial score (nSPS) is 23.8. The molecule has 8 heteroatoms. The lowest BCUT2D eigenvalue weighted by Gasteiger charge is -2.33. The minimum Gasteiger partial charge on any atom is -0.481 e. The fraction of sp³-hybridized carbons (Fsp3) is 0.407. The van der Waals surface area contributed by atoms with Crippen LogP contribution < -0.4 is 4.74 Å². The van der Waals surface area contributed by atoms with Gasteiger partial charge in [0.15, 0.2) is 0 Å². The summed E-state index contributed by atoms with van der Waals surface area (Å²) in [7, 11) is 1.54. The number of carbonyl (C=O) groups is 2. The Balaban J connectivity index is 1.20. The smallest absolute Gasteiger partial charge is 0.261 e. The van der Waals surface area contributed by atoms with E-state index in [2.05, 4.69) is 14.9 Å². The number of amides is 2. The molecule has 1 saturated heterocycles. The maximum atomic E-state index is 14.8. The molecule has 0 spiro atoms. The molecule has 1 aromatic carbocycles. The zero-order valence-corrected chi connectivity index (χ0v) is 19.7. The second-order valence-corrected chi connectivity index (χ2v) is 9.98. The van der Waals surface area contributed by atoms with E-state index in [1.54, 1.807) is 36.4 Å². The number of halogens is 1. The Morgan fingerprint density at radius 3 is 2.66 bits per heavy atom. The predicted octanol–water partition coefficient (Wildman–Crippen LogP) is 3.72. The first-order valence-electron chi connectivity index (χ1n) is 12.1. The zero-order valence-electron chi connectivity index (χ0n) is 19.7. The fourth-order valence-corrected chi connectivity index (χ4v) is 6.35. The van der Waals surface area contributed by atoms with Gasteiger partial charge >= 0.3 is 0 Å². The Labute approximate surface area is 202 Å². The lowest BCUT2D eigenvalue weighted by atomic mass is 9.80. The molecule has 1 aliphatic carbocycles. The van der Waals surface area contributed by atoms with Gasteiger partial charge in [0.05, 0.1) is 35.5 Å². The standard InChI is InChI=1S/C27H27FN4O3/c1-35-23-9-8-22-24(30-23)20(21(28)13-29-22)10-12-31-14-17-5-4-11-27(17,15-31)16-32-25(33)18-6-2-3-7-19(18)26(32)34/h2-3,6-9,13,17H,4-5,10-12,14-16H2,1H3/t17-,27+/m0/s1. The van der Waals surface area contributed by atoms with Crippen molar-refractivity contribution in [3.05, 3.63) is 65.1 Å². The molecule has 0 radical (unpaired) electrons. The number of rotatable bonds is 6. The van der Waals surface area contributed by atoms with Crippen molar-refractivity contribution in [3.8, 4) is 5.88 Å². The summed E-state index contributed by atoms with van der Waals surface area (Å²) in [5.74, 6) is 0.119. The summed E-state index contributed by atoms with van der Waals surface area (Å²) in [5, 5.41) is 0. The monoisotopic (exact) mass is 474 g/mol. The summed E-state index contributed by atoms with van der Waals surface area (Å²) in [5.41, 5.74) is 2.61. The summed E-state index contributed by atoms with van der Waals surface area (Å²) in [6.45, 7) is 2.82. The molecule has 0 bridgehead atoms. The lowest BCUT2D eigenvalue weighted by molar-refractivity contribution is 0.0552. The van der Waals surface area contributed by atoms with E-state index in [1.165, 1.54) is 18.2 Å². The molecule has 1 saturated carbocycles. The first-order valence-corrected chi connectivity index (χ1v) is 12.1. The van der Waals surface area contributed by atoms with Crippen molar-refractivity contribution in [2.24, 2.45) is 11.3 Å². The van der Waals surface area contributed by atoms with Crippen molar-refractivity contribution in [1.82, 2.24) is 19.8 Å². The molecular formula is C27H27FN4O3. The lowest BCUT2D eigenvalue weighted by Crippen LogP contribution is -2.43. The van der Waals surface area contributed by atoms with Crippen molar-refractivity contribution in [2.45, 2.75) is 25.7 Å². The van der Waals surface area contributed by atoms with Gasteiger partial charge in [-0.25, -0.2) is 9.37 Å². The van der Waals surface area contributed by atoms with Gasteiger partial charge < -0.3 is 9.64 Å². The minimum absolute atomic E-state index is 0.103. The quantitative estimate of drug-likeness (QED) is 0.507. The molecule has 7 nitrogen and oxygen atoms in total. The molecule has 3 aromatic rings. The van der Waals surface area contributed by atoms with Crippen LogP contribution >= 0.6 is 0 Å². The number of methoxy groups -OCH3 is 1. The van der Waals surface area contributed by atoms with Crippen molar-refractivity contribution in [3.63, 3.8) is 0 Å². The van der Waals surface area contributed by atoms with E-state index >= 15 is 0 Å². The van der Waals surface area contributed by atoms with Gasteiger partial charge in [-0.3, -0.25) is 19.5 Å². The molecule has 35 heavy (non-hydrogen) atoms. The van der Waals surface area contributed by atoms with Crippen molar-refractivity contribution in [1.29, 1.82) is 0 Å². The highest BCUT2D eigenvalue weighted by Crippen LogP contribution is 2.50. The zero-order chi connectivity index (χ0) is 24.2. The van der Waals surface area contributed by atoms with Gasteiger partial charge in [-0.05, 0) is 43.4 Å². The van der Waals surface area contributed by atoms with Crippen molar-refractivity contribution >= 4 is 22.8 Å². The van der Waals surface area contributed by atoms with Crippen LogP contribution in [0.4, 0.5) is 4.39 Å². The Morgan fingerprint density at radius 1 is 1.14 bits per heavy atom. The Kier molecular flexibility index (Phi) is 5.29. The maximum Gasteiger partial charge on any atom is 0.261 e. The number of benzene rings is 1. The number of ether oxygens (including phenoxy) is 1. The molecule has 0 N–H and O–H groups in total. The largest absolute Gasteiger partial charge is 0.481 e. The van der Waals surface area contributed by atoms with Crippen LogP contribution in [0.5, 0.6) is 5.88 Å². The molecular weight excluding hydrogens is 447 g/mol. The highest BCUT2D eigenvalue weighted by atomic mass is 19.1. The second-order valence-electron chi connectivity index (χ2n) is 9.98. The van der Waals surface area contributed by atoms with Crippen LogP contribution in [0.25, 0.3) is 11.0 Å². The van der Waals surface area contributed by atoms with Crippen LogP contribution in [0.2, 0.25) is 0 Å². The van der Waals surface area contributed by atoms with Gasteiger partial charge in [0.1, 0.15) is 5.82 Å². The number of hydrogen-bond donors (Lipinski definition) is 0. The third kappa shape index (κ3) is 3.58. The molecule has 2 fully saturated rings. The van der Waals surface area contributed by atoms with E-state index in [4.69, 9.17) is 4.74 Å². The average Bonchev–Trinajstić information content (AvgIpc) is 3.49. The molecule has 2 aliphatic heterocycles. The third-order valence-corrected chi connectivity index (χ3v) is 8.09. The minimum atomic E-state index is -0.363. The summed E-state index contributed by atoms with van der Waals surface area (Å²) < 4.78 is 20.0. The highest BCUT2D eigenvalue weighted by molar-refractivity contribution is 6.21. The van der Waals surface area contributed by atoms with Crippen LogP contribution in [-0.2, 0) is 6.42 Å². The first-order chi connectivity index (χ1) is 17.0. The number of likely N-dealkylation sites (tertiary alicyclic amines) is 1. The van der Waals surface area contributed by atoms with E-state index in [9.17, 15) is 14.0 Å². The molecule has 2 aromatic heterocycles. The number of hydrogen-bond acceptors (Lipinski definition) is 6. The van der Waals surface area contributed by atoms with Gasteiger partial charge in [-0.15, -0.1) is 0 Å². The van der Waals surface area contributed by atoms with E-state index in [0.717, 1.165) is 32.4 Å². The third-order valence-electron chi connectivity index (χ3n) is 8.09. The number of imide groups is 1. The molecule has 2 amide bonds. The summed E-state index contributed by atoms with van der Waals surface area (Å²) in [6.07, 6.45) is 4.95. The number of fused-ring (bicyclic) bond motifs is 3. The predicted molar refractivity (Wildman–Crippen MR) is 128 cm³/mol. The summed E-state index contributed by atoms with van der Waals surface area (Å²) in [4.78, 5) is 38.5. The molecule has 6 rings (SSSR count). The van der Waals surface area contributed by atoms with Crippen LogP contribution in [0, 0.1) is 17.2 Å². The number of nitrogens with zero attached hydrogens (tertiary/aromatic N) is 4. The molecule has 2 atom stereocenters. The second kappa shape index (κ2) is 8.37. The molecule has 180 valence electrons. The number of carbonyl (C=O) groups excluding carboxylic acids is 2. The Bertz CT molecular complexity index is 1310. The van der Waals surface area contributed by atoms with Gasteiger partial charge in [-0.1, -0.05) is 18.6 Å². The number of pyridine rings is 2. The first kappa shape index (κ1) is 22.1. The summed E-state index contributed by atoms with van der Waals surface area (Å²) in [6, 6.07) is 10.6. The molecule has 3 aliphatic rings. The van der Waals surface area contributed by atoms with E-state index in [0.29, 0.717) is 59.0 Å². The topological polar surface area (TPSA) is 75.6 Å². The summed E-state index contributed by atoms with van der Waals surface area (Å²) >= 11 is 0. The van der Waals surface area contributed by atoms with Crippen molar-refractivity contribution < 1.29 is 18.7 Å². The Morgan fingerprint density at radius 2 is 1.91 bits per heavy atom. The van der Waals surface area contributed by atoms with Gasteiger partial charge in [0.25, 0.3) is 11.8 Å². The SMILES string of the molecule is COc1ccc2ncc(F)c(CCN3C[C@@H]4CCC[C@]4(CN4C(=O)c5ccccc5C4=O)C3)c2n1. The van der Waals surface area contributed by atoms with E-state index in [1.807, 2.05) is 0 Å². The molecule has 0 unspecified atom stereocenters. The number of aromatic nitrogens is 2. The average molecular weight is 475 g/mol. The maximum absolute atomic E-state index is 14.8. The molecule has 4 heterocycles. The van der Waals surface area contributed by atoms with E-state index < -0.39 is 0 Å². The Hall–Kier alpha value is -3.39. The van der Waals surface area contributed by atoms with Gasteiger partial charge in [-0.2, -0.15) is 0 Å². The van der Waals surface area contributed by atoms with Crippen LogP contribution in [-0.4, -0.2) is 64.9 Å². The van der Waals surface area contributed by atoms with Crippen LogP contribution in [0.1, 0.15) is 45.5 Å². The van der Waals surface area contributed by atoms with Crippen LogP contribution in [0.3, 0.4) is 0 Å². The van der Waals surface area contributed by atoms with Gasteiger partial charge in [0, 0.05) is 43.2 Å².